The van der Waals surface area contributed by atoms with Crippen LogP contribution in [0.15, 0.2) is 22.6 Å². The van der Waals surface area contributed by atoms with Crippen LogP contribution in [0.25, 0.3) is 11.5 Å². The number of oxazole rings is 1. The summed E-state index contributed by atoms with van der Waals surface area (Å²) in [6, 6.07) is 5.26. The third kappa shape index (κ3) is 3.39. The third-order valence-corrected chi connectivity index (χ3v) is 4.59. The Morgan fingerprint density at radius 2 is 2.22 bits per heavy atom. The van der Waals surface area contributed by atoms with E-state index in [2.05, 4.69) is 16.8 Å². The highest BCUT2D eigenvalue weighted by atomic mass is 19.1. The van der Waals surface area contributed by atoms with Crippen LogP contribution < -0.4 is 4.74 Å². The minimum absolute atomic E-state index is 0.335. The highest BCUT2D eigenvalue weighted by molar-refractivity contribution is 5.56. The average Bonchev–Trinajstić information content (AvgIpc) is 2.90. The van der Waals surface area contributed by atoms with Crippen molar-refractivity contribution >= 4 is 0 Å². The molecule has 2 aromatic rings. The summed E-state index contributed by atoms with van der Waals surface area (Å²) in [6.07, 6.45) is 3.73. The van der Waals surface area contributed by atoms with Crippen molar-refractivity contribution in [2.45, 2.75) is 45.7 Å². The first-order valence-electron chi connectivity index (χ1n) is 8.12. The van der Waals surface area contributed by atoms with Crippen LogP contribution in [0.4, 0.5) is 4.39 Å². The van der Waals surface area contributed by atoms with Crippen molar-refractivity contribution in [2.24, 2.45) is 0 Å². The van der Waals surface area contributed by atoms with Crippen LogP contribution in [0.2, 0.25) is 0 Å². The Morgan fingerprint density at radius 1 is 1.39 bits per heavy atom. The Bertz CT molecular complexity index is 684. The van der Waals surface area contributed by atoms with Gasteiger partial charge in [0.05, 0.1) is 18.4 Å². The standard InChI is InChI=1S/C18H23FN2O2/c1-12-6-4-5-9-21(12)11-17-13(2)23-18(20-17)15-8-7-14(22-3)10-16(15)19/h7-8,10,12H,4-6,9,11H2,1-3H3/t12-/m1/s1. The Balaban J connectivity index is 1.83. The van der Waals surface area contributed by atoms with E-state index in [0.29, 0.717) is 23.2 Å². The first-order valence-corrected chi connectivity index (χ1v) is 8.12. The molecule has 1 aliphatic heterocycles. The second-order valence-electron chi connectivity index (χ2n) is 6.18. The summed E-state index contributed by atoms with van der Waals surface area (Å²) in [6.45, 7) is 5.98. The molecule has 2 heterocycles. The van der Waals surface area contributed by atoms with E-state index >= 15 is 0 Å². The van der Waals surface area contributed by atoms with Gasteiger partial charge in [-0.2, -0.15) is 0 Å². The topological polar surface area (TPSA) is 38.5 Å². The number of nitrogens with zero attached hydrogens (tertiary/aromatic N) is 2. The maximum absolute atomic E-state index is 14.2. The fourth-order valence-electron chi connectivity index (χ4n) is 3.07. The molecule has 4 nitrogen and oxygen atoms in total. The summed E-state index contributed by atoms with van der Waals surface area (Å²) in [5.41, 5.74) is 1.26. The predicted molar refractivity (Wildman–Crippen MR) is 86.9 cm³/mol. The lowest BCUT2D eigenvalue weighted by Gasteiger charge is -2.32. The molecule has 3 rings (SSSR count). The molecule has 0 amide bonds. The van der Waals surface area contributed by atoms with Crippen molar-refractivity contribution in [1.29, 1.82) is 0 Å². The molecule has 124 valence electrons. The molecule has 0 saturated carbocycles. The number of hydrogen-bond acceptors (Lipinski definition) is 4. The highest BCUT2D eigenvalue weighted by Gasteiger charge is 2.22. The predicted octanol–water partition coefficient (Wildman–Crippen LogP) is 4.17. The maximum Gasteiger partial charge on any atom is 0.229 e. The normalized spacial score (nSPS) is 19.0. The Kier molecular flexibility index (Phi) is 4.66. The first-order chi connectivity index (χ1) is 11.1. The van der Waals surface area contributed by atoms with Gasteiger partial charge in [0.15, 0.2) is 0 Å². The van der Waals surface area contributed by atoms with Crippen molar-refractivity contribution < 1.29 is 13.5 Å². The van der Waals surface area contributed by atoms with E-state index in [9.17, 15) is 4.39 Å². The number of hydrogen-bond donors (Lipinski definition) is 0. The number of piperidine rings is 1. The smallest absolute Gasteiger partial charge is 0.229 e. The Hall–Kier alpha value is -1.88. The SMILES string of the molecule is COc1ccc(-c2nc(CN3CCCC[C@H]3C)c(C)o2)c(F)c1. The van der Waals surface area contributed by atoms with E-state index in [0.717, 1.165) is 24.5 Å². The van der Waals surface area contributed by atoms with Gasteiger partial charge in [-0.25, -0.2) is 9.37 Å². The van der Waals surface area contributed by atoms with E-state index in [-0.39, 0.29) is 5.82 Å². The highest BCUT2D eigenvalue weighted by Crippen LogP contribution is 2.28. The molecule has 1 fully saturated rings. The molecule has 1 atom stereocenters. The van der Waals surface area contributed by atoms with Gasteiger partial charge in [-0.3, -0.25) is 4.90 Å². The summed E-state index contributed by atoms with van der Waals surface area (Å²) in [5, 5.41) is 0. The number of rotatable bonds is 4. The monoisotopic (exact) mass is 318 g/mol. The average molecular weight is 318 g/mol. The lowest BCUT2D eigenvalue weighted by atomic mass is 10.0. The number of ether oxygens (including phenoxy) is 1. The van der Waals surface area contributed by atoms with Crippen LogP contribution in [0.5, 0.6) is 5.75 Å². The van der Waals surface area contributed by atoms with Crippen molar-refractivity contribution in [3.8, 4) is 17.2 Å². The van der Waals surface area contributed by atoms with Crippen LogP contribution in [0.1, 0.15) is 37.6 Å². The van der Waals surface area contributed by atoms with Gasteiger partial charge in [0.2, 0.25) is 5.89 Å². The summed E-state index contributed by atoms with van der Waals surface area (Å²) in [4.78, 5) is 6.95. The van der Waals surface area contributed by atoms with E-state index in [1.165, 1.54) is 32.4 Å². The lowest BCUT2D eigenvalue weighted by Crippen LogP contribution is -2.37. The van der Waals surface area contributed by atoms with Gasteiger partial charge in [0.25, 0.3) is 0 Å². The second kappa shape index (κ2) is 6.71. The summed E-state index contributed by atoms with van der Waals surface area (Å²) in [7, 11) is 1.52. The zero-order valence-corrected chi connectivity index (χ0v) is 13.9. The number of aryl methyl sites for hydroxylation is 1. The molecular weight excluding hydrogens is 295 g/mol. The number of likely N-dealkylation sites (tertiary alicyclic amines) is 1. The van der Waals surface area contributed by atoms with Crippen LogP contribution in [0, 0.1) is 12.7 Å². The van der Waals surface area contributed by atoms with Gasteiger partial charge in [0.1, 0.15) is 17.3 Å². The lowest BCUT2D eigenvalue weighted by molar-refractivity contribution is 0.150. The molecule has 5 heteroatoms. The van der Waals surface area contributed by atoms with Crippen LogP contribution in [-0.2, 0) is 6.54 Å². The number of methoxy groups -OCH3 is 1. The van der Waals surface area contributed by atoms with Crippen molar-refractivity contribution in [2.75, 3.05) is 13.7 Å². The van der Waals surface area contributed by atoms with E-state index in [4.69, 9.17) is 9.15 Å². The van der Waals surface area contributed by atoms with Gasteiger partial charge in [0, 0.05) is 18.7 Å². The first kappa shape index (κ1) is 16.0. The molecule has 0 unspecified atom stereocenters. The van der Waals surface area contributed by atoms with Crippen molar-refractivity contribution in [1.82, 2.24) is 9.88 Å². The number of benzene rings is 1. The summed E-state index contributed by atoms with van der Waals surface area (Å²) >= 11 is 0. The zero-order chi connectivity index (χ0) is 16.4. The van der Waals surface area contributed by atoms with Crippen LogP contribution in [-0.4, -0.2) is 29.6 Å². The van der Waals surface area contributed by atoms with Crippen LogP contribution >= 0.6 is 0 Å². The molecule has 0 aliphatic carbocycles. The van der Waals surface area contributed by atoms with Crippen molar-refractivity contribution in [3.63, 3.8) is 0 Å². The molecule has 0 radical (unpaired) electrons. The molecule has 23 heavy (non-hydrogen) atoms. The van der Waals surface area contributed by atoms with Gasteiger partial charge in [-0.15, -0.1) is 0 Å². The van der Waals surface area contributed by atoms with E-state index in [1.54, 1.807) is 12.1 Å². The molecule has 1 aromatic carbocycles. The zero-order valence-electron chi connectivity index (χ0n) is 13.9. The van der Waals surface area contributed by atoms with Crippen molar-refractivity contribution in [3.05, 3.63) is 35.5 Å². The summed E-state index contributed by atoms with van der Waals surface area (Å²) in [5.74, 6) is 1.19. The second-order valence-corrected chi connectivity index (χ2v) is 6.18. The molecule has 1 aromatic heterocycles. The minimum Gasteiger partial charge on any atom is -0.497 e. The van der Waals surface area contributed by atoms with Crippen LogP contribution in [0.3, 0.4) is 0 Å². The fourth-order valence-corrected chi connectivity index (χ4v) is 3.07. The largest absolute Gasteiger partial charge is 0.497 e. The maximum atomic E-state index is 14.2. The number of aromatic nitrogens is 1. The van der Waals surface area contributed by atoms with E-state index in [1.807, 2.05) is 6.92 Å². The van der Waals surface area contributed by atoms with E-state index < -0.39 is 0 Å². The number of halogens is 1. The molecule has 1 saturated heterocycles. The van der Waals surface area contributed by atoms with Gasteiger partial charge in [-0.05, 0) is 45.4 Å². The Morgan fingerprint density at radius 3 is 2.91 bits per heavy atom. The van der Waals surface area contributed by atoms with Gasteiger partial charge in [-0.1, -0.05) is 6.42 Å². The van der Waals surface area contributed by atoms with Gasteiger partial charge < -0.3 is 9.15 Å². The molecule has 0 spiro atoms. The molecular formula is C18H23FN2O2. The third-order valence-electron chi connectivity index (χ3n) is 4.59. The molecule has 0 bridgehead atoms. The summed E-state index contributed by atoms with van der Waals surface area (Å²) < 4.78 is 24.9. The molecule has 0 N–H and O–H groups in total. The quantitative estimate of drug-likeness (QED) is 0.848. The minimum atomic E-state index is -0.386. The molecule has 1 aliphatic rings. The van der Waals surface area contributed by atoms with Gasteiger partial charge >= 0.3 is 0 Å². The Labute approximate surface area is 136 Å². The fraction of sp³-hybridized carbons (Fsp3) is 0.500.